The number of ether oxygens (including phenoxy) is 3. The average Bonchev–Trinajstić information content (AvgIpc) is 3.41. The summed E-state index contributed by atoms with van der Waals surface area (Å²) in [5.41, 5.74) is 3.95. The number of hydrogen-bond acceptors (Lipinski definition) is 7. The molecule has 4 heterocycles. The minimum Gasteiger partial charge on any atom is -0.492 e. The molecule has 10 heteroatoms. The molecule has 2 aliphatic heterocycles. The number of rotatable bonds is 6. The molecule has 1 aromatic carbocycles. The van der Waals surface area contributed by atoms with Crippen molar-refractivity contribution in [2.75, 3.05) is 26.5 Å². The van der Waals surface area contributed by atoms with Crippen LogP contribution in [0.2, 0.25) is 0 Å². The molecule has 0 radical (unpaired) electrons. The van der Waals surface area contributed by atoms with E-state index in [0.717, 1.165) is 37.2 Å². The maximum absolute atomic E-state index is 13.2. The first kappa shape index (κ1) is 22.7. The van der Waals surface area contributed by atoms with Crippen molar-refractivity contribution in [3.63, 3.8) is 0 Å². The van der Waals surface area contributed by atoms with Gasteiger partial charge in [0.2, 0.25) is 6.79 Å². The Kier molecular flexibility index (Phi) is 6.22. The second-order valence-electron chi connectivity index (χ2n) is 9.00. The lowest BCUT2D eigenvalue weighted by molar-refractivity contribution is 0.0930. The third-order valence-corrected chi connectivity index (χ3v) is 6.58. The number of halogens is 1. The minimum atomic E-state index is -0.113. The molecule has 3 aromatic rings. The number of piperidine rings is 1. The summed E-state index contributed by atoms with van der Waals surface area (Å²) in [6.07, 6.45) is 5.73. The molecule has 2 fully saturated rings. The molecule has 0 unspecified atom stereocenters. The summed E-state index contributed by atoms with van der Waals surface area (Å²) >= 11 is 0. The summed E-state index contributed by atoms with van der Waals surface area (Å²) in [7, 11) is 0. The zero-order chi connectivity index (χ0) is 22.4. The highest BCUT2D eigenvalue weighted by Gasteiger charge is 2.30. The number of carbonyl (C=O) groups is 1. The lowest BCUT2D eigenvalue weighted by Gasteiger charge is -2.23. The number of benzene rings is 1. The first-order valence-electron chi connectivity index (χ1n) is 11.6. The van der Waals surface area contributed by atoms with Crippen LogP contribution in [0.1, 0.15) is 41.7 Å². The van der Waals surface area contributed by atoms with Crippen molar-refractivity contribution in [2.24, 2.45) is 5.92 Å². The molecule has 2 aromatic heterocycles. The minimum absolute atomic E-state index is 0. The molecule has 180 valence electrons. The smallest absolute Gasteiger partial charge is 0.255 e. The lowest BCUT2D eigenvalue weighted by Crippen LogP contribution is -2.42. The van der Waals surface area contributed by atoms with Crippen LogP contribution in [-0.4, -0.2) is 53.4 Å². The van der Waals surface area contributed by atoms with Crippen LogP contribution in [-0.2, 0) is 0 Å². The van der Waals surface area contributed by atoms with Gasteiger partial charge < -0.3 is 29.8 Å². The van der Waals surface area contributed by atoms with Crippen LogP contribution >= 0.6 is 12.4 Å². The molecule has 1 saturated heterocycles. The fraction of sp³-hybridized carbons (Fsp3) is 0.458. The number of aromatic amines is 1. The van der Waals surface area contributed by atoms with Crippen molar-refractivity contribution in [3.05, 3.63) is 29.7 Å². The zero-order valence-electron chi connectivity index (χ0n) is 19.0. The Labute approximate surface area is 203 Å². The van der Waals surface area contributed by atoms with Gasteiger partial charge in [0.1, 0.15) is 23.3 Å². The van der Waals surface area contributed by atoms with Gasteiger partial charge in [-0.15, -0.1) is 12.4 Å². The van der Waals surface area contributed by atoms with Crippen LogP contribution in [0, 0.1) is 12.8 Å². The van der Waals surface area contributed by atoms with Crippen LogP contribution < -0.4 is 24.8 Å². The van der Waals surface area contributed by atoms with Crippen molar-refractivity contribution in [3.8, 4) is 28.5 Å². The Morgan fingerprint density at radius 2 is 2.00 bits per heavy atom. The van der Waals surface area contributed by atoms with Crippen LogP contribution in [0.25, 0.3) is 22.3 Å². The number of amides is 1. The van der Waals surface area contributed by atoms with Crippen LogP contribution in [0.5, 0.6) is 17.2 Å². The SMILES string of the molecule is Cc1[nH]c2c(-c3c(OCC4CC4)ccc4c3OCO4)ncnc2c1C(=O)NC1CCNCC1.Cl. The molecule has 1 amide bonds. The molecule has 0 atom stereocenters. The van der Waals surface area contributed by atoms with Gasteiger partial charge >= 0.3 is 0 Å². The molecular weight excluding hydrogens is 458 g/mol. The first-order valence-corrected chi connectivity index (χ1v) is 11.6. The van der Waals surface area contributed by atoms with E-state index in [1.807, 2.05) is 19.1 Å². The van der Waals surface area contributed by atoms with E-state index < -0.39 is 0 Å². The third-order valence-electron chi connectivity index (χ3n) is 6.58. The highest BCUT2D eigenvalue weighted by Crippen LogP contribution is 2.48. The van der Waals surface area contributed by atoms with Crippen molar-refractivity contribution >= 4 is 29.3 Å². The molecule has 0 spiro atoms. The number of H-pyrrole nitrogens is 1. The van der Waals surface area contributed by atoms with Gasteiger partial charge in [0, 0.05) is 11.7 Å². The van der Waals surface area contributed by atoms with Gasteiger partial charge in [-0.05, 0) is 63.7 Å². The summed E-state index contributed by atoms with van der Waals surface area (Å²) < 4.78 is 17.6. The number of nitrogens with zero attached hydrogens (tertiary/aromatic N) is 2. The summed E-state index contributed by atoms with van der Waals surface area (Å²) in [6.45, 7) is 4.52. The second kappa shape index (κ2) is 9.31. The molecule has 3 aliphatic rings. The van der Waals surface area contributed by atoms with Gasteiger partial charge in [-0.1, -0.05) is 0 Å². The maximum atomic E-state index is 13.2. The second-order valence-corrected chi connectivity index (χ2v) is 9.00. The monoisotopic (exact) mass is 485 g/mol. The van der Waals surface area contributed by atoms with E-state index in [2.05, 4.69) is 25.6 Å². The van der Waals surface area contributed by atoms with E-state index in [1.165, 1.54) is 19.2 Å². The number of carbonyl (C=O) groups excluding carboxylic acids is 1. The molecule has 0 bridgehead atoms. The number of aromatic nitrogens is 3. The Balaban J connectivity index is 0.00000241. The summed E-state index contributed by atoms with van der Waals surface area (Å²) in [4.78, 5) is 25.6. The van der Waals surface area contributed by atoms with E-state index in [9.17, 15) is 4.79 Å². The van der Waals surface area contributed by atoms with Crippen molar-refractivity contribution in [1.82, 2.24) is 25.6 Å². The van der Waals surface area contributed by atoms with Gasteiger partial charge in [0.15, 0.2) is 11.5 Å². The van der Waals surface area contributed by atoms with Gasteiger partial charge in [-0.3, -0.25) is 4.79 Å². The third kappa shape index (κ3) is 4.14. The molecule has 1 aliphatic carbocycles. The summed E-state index contributed by atoms with van der Waals surface area (Å²) in [5.74, 6) is 2.45. The quantitative estimate of drug-likeness (QED) is 0.491. The fourth-order valence-corrected chi connectivity index (χ4v) is 4.60. The predicted molar refractivity (Wildman–Crippen MR) is 129 cm³/mol. The fourth-order valence-electron chi connectivity index (χ4n) is 4.60. The van der Waals surface area contributed by atoms with E-state index in [1.54, 1.807) is 0 Å². The van der Waals surface area contributed by atoms with Gasteiger partial charge in [-0.2, -0.15) is 0 Å². The molecule has 6 rings (SSSR count). The van der Waals surface area contributed by atoms with Gasteiger partial charge in [0.25, 0.3) is 5.91 Å². The van der Waals surface area contributed by atoms with Crippen molar-refractivity contribution in [2.45, 2.75) is 38.6 Å². The first-order chi connectivity index (χ1) is 16.2. The van der Waals surface area contributed by atoms with Crippen LogP contribution in [0.15, 0.2) is 18.5 Å². The number of nitrogens with one attached hydrogen (secondary N) is 3. The number of aryl methyl sites for hydroxylation is 1. The van der Waals surface area contributed by atoms with Crippen LogP contribution in [0.3, 0.4) is 0 Å². The topological polar surface area (TPSA) is 110 Å². The van der Waals surface area contributed by atoms with E-state index in [-0.39, 0.29) is 31.1 Å². The largest absolute Gasteiger partial charge is 0.492 e. The van der Waals surface area contributed by atoms with E-state index >= 15 is 0 Å². The molecular formula is C24H28ClN5O4. The Hall–Kier alpha value is -3.04. The predicted octanol–water partition coefficient (Wildman–Crippen LogP) is 3.35. The van der Waals surface area contributed by atoms with Gasteiger partial charge in [0.05, 0.1) is 23.3 Å². The Morgan fingerprint density at radius 1 is 1.18 bits per heavy atom. The van der Waals surface area contributed by atoms with E-state index in [0.29, 0.717) is 52.1 Å². The van der Waals surface area contributed by atoms with E-state index in [4.69, 9.17) is 14.2 Å². The highest BCUT2D eigenvalue weighted by atomic mass is 35.5. The van der Waals surface area contributed by atoms with Crippen molar-refractivity contribution < 1.29 is 19.0 Å². The number of hydrogen-bond donors (Lipinski definition) is 3. The lowest BCUT2D eigenvalue weighted by atomic mass is 10.0. The van der Waals surface area contributed by atoms with Crippen LogP contribution in [0.4, 0.5) is 0 Å². The molecule has 34 heavy (non-hydrogen) atoms. The summed E-state index contributed by atoms with van der Waals surface area (Å²) in [5, 5.41) is 6.50. The molecule has 3 N–H and O–H groups in total. The molecule has 9 nitrogen and oxygen atoms in total. The maximum Gasteiger partial charge on any atom is 0.255 e. The summed E-state index contributed by atoms with van der Waals surface area (Å²) in [6, 6.07) is 3.93. The Morgan fingerprint density at radius 3 is 2.79 bits per heavy atom. The Bertz CT molecular complexity index is 1220. The van der Waals surface area contributed by atoms with Gasteiger partial charge in [-0.25, -0.2) is 9.97 Å². The zero-order valence-corrected chi connectivity index (χ0v) is 19.8. The van der Waals surface area contributed by atoms with Crippen molar-refractivity contribution in [1.29, 1.82) is 0 Å². The highest BCUT2D eigenvalue weighted by molar-refractivity contribution is 6.09. The number of fused-ring (bicyclic) bond motifs is 2. The standard InChI is InChI=1S/C24H27N5O4.ClH/c1-13-18(24(30)29-15-6-8-25-9-7-15)20-22(28-13)21(27-11-26-20)19-16(31-10-14-2-3-14)4-5-17-23(19)33-12-32-17;/h4-5,11,14-15,25,28H,2-3,6-10,12H2,1H3,(H,29,30);1H. The average molecular weight is 486 g/mol. The molecule has 1 saturated carbocycles. The normalized spacial score (nSPS) is 17.4.